The number of hydrogen-bond donors (Lipinski definition) is 0. The van der Waals surface area contributed by atoms with E-state index >= 15 is 0 Å². The summed E-state index contributed by atoms with van der Waals surface area (Å²) in [4.78, 5) is 10.2. The number of anilines is 1. The summed E-state index contributed by atoms with van der Waals surface area (Å²) in [6, 6.07) is 2.64. The van der Waals surface area contributed by atoms with Gasteiger partial charge in [0, 0.05) is 25.5 Å². The lowest BCUT2D eigenvalue weighted by atomic mass is 9.99. The lowest BCUT2D eigenvalue weighted by Crippen LogP contribution is -2.34. The first-order valence-electron chi connectivity index (χ1n) is 7.02. The van der Waals surface area contributed by atoms with Crippen LogP contribution in [0.4, 0.5) is 18.9 Å². The van der Waals surface area contributed by atoms with Gasteiger partial charge in [0.25, 0.3) is 0 Å². The fraction of sp³-hybridized carbons (Fsp3) is 0.467. The number of aromatic nitrogens is 2. The second-order valence-corrected chi connectivity index (χ2v) is 5.58. The molecule has 2 heterocycles. The highest BCUT2D eigenvalue weighted by molar-refractivity contribution is 5.90. The van der Waals surface area contributed by atoms with Gasteiger partial charge in [-0.2, -0.15) is 13.2 Å². The minimum atomic E-state index is -4.41. The SMILES string of the molecule is CC1CCCN(c2ccc(C(F)(F)F)c3nccnc23)C1. The zero-order valence-corrected chi connectivity index (χ0v) is 11.7. The molecule has 0 aliphatic carbocycles. The van der Waals surface area contributed by atoms with Gasteiger partial charge in [0.1, 0.15) is 11.0 Å². The van der Waals surface area contributed by atoms with Gasteiger partial charge in [0.05, 0.1) is 11.3 Å². The summed E-state index contributed by atoms with van der Waals surface area (Å²) in [7, 11) is 0. The Balaban J connectivity index is 2.13. The molecule has 0 saturated carbocycles. The summed E-state index contributed by atoms with van der Waals surface area (Å²) in [5.74, 6) is 0.535. The highest BCUT2D eigenvalue weighted by atomic mass is 19.4. The number of nitrogens with zero attached hydrogens (tertiary/aromatic N) is 3. The Bertz CT molecular complexity index is 654. The number of benzene rings is 1. The van der Waals surface area contributed by atoms with E-state index in [2.05, 4.69) is 21.8 Å². The standard InChI is InChI=1S/C15H16F3N3/c1-10-3-2-8-21(9-10)12-5-4-11(15(16,17)18)13-14(12)20-7-6-19-13/h4-7,10H,2-3,8-9H2,1H3. The summed E-state index contributed by atoms with van der Waals surface area (Å²) >= 11 is 0. The molecular formula is C15H16F3N3. The van der Waals surface area contributed by atoms with Crippen molar-refractivity contribution in [2.75, 3.05) is 18.0 Å². The molecule has 6 heteroatoms. The molecule has 1 aliphatic heterocycles. The lowest BCUT2D eigenvalue weighted by molar-refractivity contribution is -0.136. The van der Waals surface area contributed by atoms with E-state index in [1.54, 1.807) is 0 Å². The molecule has 0 N–H and O–H groups in total. The number of alkyl halides is 3. The Morgan fingerprint density at radius 2 is 1.86 bits per heavy atom. The molecule has 1 aromatic carbocycles. The number of rotatable bonds is 1. The fourth-order valence-corrected chi connectivity index (χ4v) is 2.93. The van der Waals surface area contributed by atoms with Gasteiger partial charge in [-0.15, -0.1) is 0 Å². The number of fused-ring (bicyclic) bond motifs is 1. The Morgan fingerprint density at radius 1 is 1.14 bits per heavy atom. The maximum absolute atomic E-state index is 13.1. The fourth-order valence-electron chi connectivity index (χ4n) is 2.93. The molecule has 1 fully saturated rings. The van der Waals surface area contributed by atoms with Crippen LogP contribution in [-0.4, -0.2) is 23.1 Å². The van der Waals surface area contributed by atoms with Crippen LogP contribution in [0.25, 0.3) is 11.0 Å². The van der Waals surface area contributed by atoms with E-state index in [9.17, 15) is 13.2 Å². The third-order valence-electron chi connectivity index (χ3n) is 3.91. The molecule has 0 radical (unpaired) electrons. The minimum absolute atomic E-state index is 0.0688. The van der Waals surface area contributed by atoms with Crippen molar-refractivity contribution in [3.63, 3.8) is 0 Å². The van der Waals surface area contributed by atoms with Gasteiger partial charge in [-0.1, -0.05) is 6.92 Å². The van der Waals surface area contributed by atoms with Crippen molar-refractivity contribution in [3.8, 4) is 0 Å². The second kappa shape index (κ2) is 5.16. The van der Waals surface area contributed by atoms with Gasteiger partial charge in [0.2, 0.25) is 0 Å². The topological polar surface area (TPSA) is 29.0 Å². The van der Waals surface area contributed by atoms with Crippen LogP contribution in [0.1, 0.15) is 25.3 Å². The molecule has 1 aromatic heterocycles. The molecule has 0 spiro atoms. The van der Waals surface area contributed by atoms with Crippen LogP contribution in [-0.2, 0) is 6.18 Å². The van der Waals surface area contributed by atoms with Gasteiger partial charge in [0.15, 0.2) is 0 Å². The van der Waals surface area contributed by atoms with E-state index < -0.39 is 11.7 Å². The molecule has 1 unspecified atom stereocenters. The monoisotopic (exact) mass is 295 g/mol. The summed E-state index contributed by atoms with van der Waals surface area (Å²) in [6.07, 6.45) is 0.534. The summed E-state index contributed by atoms with van der Waals surface area (Å²) in [6.45, 7) is 3.85. The van der Waals surface area contributed by atoms with Crippen LogP contribution >= 0.6 is 0 Å². The van der Waals surface area contributed by atoms with Gasteiger partial charge in [-0.3, -0.25) is 9.97 Å². The quantitative estimate of drug-likeness (QED) is 0.799. The van der Waals surface area contributed by atoms with Crippen molar-refractivity contribution in [2.45, 2.75) is 25.9 Å². The Labute approximate surface area is 120 Å². The average Bonchev–Trinajstić information content (AvgIpc) is 2.45. The molecule has 112 valence electrons. The van der Waals surface area contributed by atoms with Crippen molar-refractivity contribution in [1.29, 1.82) is 0 Å². The first kappa shape index (κ1) is 14.1. The Hall–Kier alpha value is -1.85. The third-order valence-corrected chi connectivity index (χ3v) is 3.91. The van der Waals surface area contributed by atoms with Gasteiger partial charge < -0.3 is 4.90 Å². The Kier molecular flexibility index (Phi) is 3.47. The van der Waals surface area contributed by atoms with Crippen LogP contribution in [0, 0.1) is 5.92 Å². The lowest BCUT2D eigenvalue weighted by Gasteiger charge is -2.33. The zero-order valence-electron chi connectivity index (χ0n) is 11.7. The zero-order chi connectivity index (χ0) is 15.0. The molecule has 3 nitrogen and oxygen atoms in total. The first-order valence-corrected chi connectivity index (χ1v) is 7.02. The van der Waals surface area contributed by atoms with Crippen LogP contribution in [0.15, 0.2) is 24.5 Å². The van der Waals surface area contributed by atoms with E-state index in [4.69, 9.17) is 0 Å². The highest BCUT2D eigenvalue weighted by Gasteiger charge is 2.34. The Morgan fingerprint density at radius 3 is 2.52 bits per heavy atom. The molecule has 1 aliphatic rings. The van der Waals surface area contributed by atoms with Crippen LogP contribution in [0.3, 0.4) is 0 Å². The smallest absolute Gasteiger partial charge is 0.369 e. The normalized spacial score (nSPS) is 20.0. The highest BCUT2D eigenvalue weighted by Crippen LogP contribution is 2.37. The van der Waals surface area contributed by atoms with E-state index in [0.717, 1.165) is 37.7 Å². The molecule has 21 heavy (non-hydrogen) atoms. The molecule has 1 atom stereocenters. The average molecular weight is 295 g/mol. The van der Waals surface area contributed by atoms with E-state index in [1.807, 2.05) is 0 Å². The predicted octanol–water partition coefficient (Wildman–Crippen LogP) is 3.88. The molecule has 0 bridgehead atoms. The molecule has 2 aromatic rings. The van der Waals surface area contributed by atoms with Crippen LogP contribution in [0.2, 0.25) is 0 Å². The van der Waals surface area contributed by atoms with E-state index in [1.165, 1.54) is 18.5 Å². The largest absolute Gasteiger partial charge is 0.418 e. The van der Waals surface area contributed by atoms with E-state index in [0.29, 0.717) is 11.4 Å². The van der Waals surface area contributed by atoms with Gasteiger partial charge >= 0.3 is 6.18 Å². The number of halogens is 3. The van der Waals surface area contributed by atoms with Crippen molar-refractivity contribution in [1.82, 2.24) is 9.97 Å². The molecule has 0 amide bonds. The van der Waals surface area contributed by atoms with Crippen LogP contribution in [0.5, 0.6) is 0 Å². The first-order chi connectivity index (χ1) is 9.97. The van der Waals surface area contributed by atoms with Gasteiger partial charge in [-0.05, 0) is 30.9 Å². The molecule has 1 saturated heterocycles. The number of hydrogen-bond acceptors (Lipinski definition) is 3. The van der Waals surface area contributed by atoms with Gasteiger partial charge in [-0.25, -0.2) is 0 Å². The summed E-state index contributed by atoms with van der Waals surface area (Å²) < 4.78 is 39.2. The summed E-state index contributed by atoms with van der Waals surface area (Å²) in [5, 5.41) is 0. The van der Waals surface area contributed by atoms with Crippen molar-refractivity contribution < 1.29 is 13.2 Å². The van der Waals surface area contributed by atoms with E-state index in [-0.39, 0.29) is 5.52 Å². The third kappa shape index (κ3) is 2.66. The predicted molar refractivity (Wildman–Crippen MR) is 75.2 cm³/mol. The maximum Gasteiger partial charge on any atom is 0.418 e. The number of piperidine rings is 1. The second-order valence-electron chi connectivity index (χ2n) is 5.58. The van der Waals surface area contributed by atoms with Crippen LogP contribution < -0.4 is 4.90 Å². The minimum Gasteiger partial charge on any atom is -0.369 e. The maximum atomic E-state index is 13.1. The van der Waals surface area contributed by atoms with Crippen molar-refractivity contribution >= 4 is 16.7 Å². The molecule has 3 rings (SSSR count). The summed E-state index contributed by atoms with van der Waals surface area (Å²) in [5.41, 5.74) is 0.291. The van der Waals surface area contributed by atoms with Crippen molar-refractivity contribution in [3.05, 3.63) is 30.1 Å². The molecular weight excluding hydrogens is 279 g/mol. The van der Waals surface area contributed by atoms with Crippen molar-refractivity contribution in [2.24, 2.45) is 5.92 Å².